The van der Waals surface area contributed by atoms with Crippen LogP contribution >= 0.6 is 23.2 Å². The highest BCUT2D eigenvalue weighted by Crippen LogP contribution is 2.26. The number of piperidine rings is 1. The number of rotatable bonds is 7. The van der Waals surface area contributed by atoms with Crippen molar-refractivity contribution in [2.75, 3.05) is 30.3 Å². The number of hydrogen-bond acceptors (Lipinski definition) is 5. The van der Waals surface area contributed by atoms with Gasteiger partial charge in [0, 0.05) is 42.3 Å². The van der Waals surface area contributed by atoms with Crippen LogP contribution in [-0.2, 0) is 13.0 Å². The van der Waals surface area contributed by atoms with Crippen LogP contribution in [0.1, 0.15) is 29.5 Å². The van der Waals surface area contributed by atoms with E-state index in [-0.39, 0.29) is 5.95 Å². The lowest BCUT2D eigenvalue weighted by Crippen LogP contribution is -2.45. The van der Waals surface area contributed by atoms with E-state index in [9.17, 15) is 0 Å². The molecule has 0 spiro atoms. The first kappa shape index (κ1) is 21.9. The predicted molar refractivity (Wildman–Crippen MR) is 128 cm³/mol. The number of nitrogens with two attached hydrogens (primary N) is 1. The summed E-state index contributed by atoms with van der Waals surface area (Å²) in [4.78, 5) is 9.07. The number of aromatic amines is 1. The molecule has 0 bridgehead atoms. The number of halogens is 2. The number of hydrogen-bond donors (Lipinski definition) is 2. The van der Waals surface area contributed by atoms with Crippen molar-refractivity contribution in [1.82, 2.24) is 20.1 Å². The largest absolute Gasteiger partial charge is 0.366 e. The Morgan fingerprint density at radius 1 is 1.13 bits per heavy atom. The fraction of sp³-hybridized carbons (Fsp3) is 0.391. The van der Waals surface area contributed by atoms with Gasteiger partial charge in [-0.25, -0.2) is 5.10 Å². The Bertz CT molecular complexity index is 975. The molecular weight excluding hydrogens is 431 g/mol. The van der Waals surface area contributed by atoms with E-state index < -0.39 is 0 Å². The van der Waals surface area contributed by atoms with Crippen LogP contribution in [0.3, 0.4) is 0 Å². The van der Waals surface area contributed by atoms with Crippen LogP contribution in [0.15, 0.2) is 42.5 Å². The molecule has 6 nitrogen and oxygen atoms in total. The fourth-order valence-electron chi connectivity index (χ4n) is 4.23. The van der Waals surface area contributed by atoms with Crippen LogP contribution < -0.4 is 10.6 Å². The molecule has 1 aliphatic heterocycles. The molecule has 164 valence electrons. The second kappa shape index (κ2) is 9.90. The van der Waals surface area contributed by atoms with Crippen molar-refractivity contribution < 1.29 is 0 Å². The highest BCUT2D eigenvalue weighted by atomic mass is 35.5. The number of aryl methyl sites for hydroxylation is 1. The summed E-state index contributed by atoms with van der Waals surface area (Å²) in [6.45, 7) is 5.78. The Balaban J connectivity index is 1.47. The molecule has 0 aliphatic carbocycles. The van der Waals surface area contributed by atoms with Crippen LogP contribution in [0.5, 0.6) is 0 Å². The van der Waals surface area contributed by atoms with Gasteiger partial charge in [0.05, 0.1) is 0 Å². The lowest BCUT2D eigenvalue weighted by atomic mass is 10.00. The van der Waals surface area contributed by atoms with E-state index >= 15 is 0 Å². The van der Waals surface area contributed by atoms with E-state index in [0.717, 1.165) is 61.4 Å². The molecule has 0 amide bonds. The van der Waals surface area contributed by atoms with Gasteiger partial charge < -0.3 is 10.6 Å². The SMILES string of the molecule is Cc1cccc(Cl)c1CN(CCc1ccc(Cl)cc1)C1CCN(c2nc(N)n[nH]2)CC1. The molecule has 0 radical (unpaired) electrons. The Kier molecular flexibility index (Phi) is 7.00. The molecule has 1 saturated heterocycles. The van der Waals surface area contributed by atoms with E-state index in [1.54, 1.807) is 0 Å². The molecule has 0 atom stereocenters. The van der Waals surface area contributed by atoms with Crippen LogP contribution in [-0.4, -0.2) is 45.8 Å². The second-order valence-corrected chi connectivity index (χ2v) is 8.96. The Morgan fingerprint density at radius 2 is 1.87 bits per heavy atom. The van der Waals surface area contributed by atoms with E-state index in [2.05, 4.69) is 50.1 Å². The lowest BCUT2D eigenvalue weighted by Gasteiger charge is -2.39. The van der Waals surface area contributed by atoms with Gasteiger partial charge in [-0.2, -0.15) is 4.98 Å². The maximum Gasteiger partial charge on any atom is 0.241 e. The number of anilines is 2. The summed E-state index contributed by atoms with van der Waals surface area (Å²) in [7, 11) is 0. The van der Waals surface area contributed by atoms with Gasteiger partial charge in [0.2, 0.25) is 11.9 Å². The Morgan fingerprint density at radius 3 is 2.52 bits per heavy atom. The van der Waals surface area contributed by atoms with Gasteiger partial charge in [-0.15, -0.1) is 5.10 Å². The van der Waals surface area contributed by atoms with E-state index in [4.69, 9.17) is 28.9 Å². The monoisotopic (exact) mass is 458 g/mol. The van der Waals surface area contributed by atoms with Crippen LogP contribution in [0, 0.1) is 6.92 Å². The zero-order chi connectivity index (χ0) is 21.8. The quantitative estimate of drug-likeness (QED) is 0.535. The van der Waals surface area contributed by atoms with Crippen molar-refractivity contribution >= 4 is 35.1 Å². The molecule has 2 heterocycles. The molecule has 1 aliphatic rings. The van der Waals surface area contributed by atoms with Gasteiger partial charge >= 0.3 is 0 Å². The minimum atomic E-state index is 0.288. The highest BCUT2D eigenvalue weighted by Gasteiger charge is 2.26. The fourth-order valence-corrected chi connectivity index (χ4v) is 4.64. The number of benzene rings is 2. The third-order valence-electron chi connectivity index (χ3n) is 6.09. The van der Waals surface area contributed by atoms with Crippen molar-refractivity contribution in [2.45, 2.75) is 38.8 Å². The maximum absolute atomic E-state index is 6.57. The maximum atomic E-state index is 6.57. The van der Waals surface area contributed by atoms with E-state index in [1.807, 2.05) is 24.3 Å². The van der Waals surface area contributed by atoms with Crippen molar-refractivity contribution in [3.63, 3.8) is 0 Å². The molecule has 3 aromatic rings. The molecule has 1 aromatic heterocycles. The molecule has 3 N–H and O–H groups in total. The number of nitrogens with one attached hydrogen (secondary N) is 1. The van der Waals surface area contributed by atoms with Gasteiger partial charge in [0.25, 0.3) is 0 Å². The van der Waals surface area contributed by atoms with Crippen molar-refractivity contribution in [3.8, 4) is 0 Å². The minimum absolute atomic E-state index is 0.288. The average molecular weight is 459 g/mol. The minimum Gasteiger partial charge on any atom is -0.366 e. The molecule has 4 rings (SSSR count). The third kappa shape index (κ3) is 5.50. The number of H-pyrrole nitrogens is 1. The zero-order valence-corrected chi connectivity index (χ0v) is 19.2. The van der Waals surface area contributed by atoms with E-state index in [0.29, 0.717) is 6.04 Å². The summed E-state index contributed by atoms with van der Waals surface area (Å²) in [5.74, 6) is 1.04. The molecule has 0 saturated carbocycles. The number of nitrogen functional groups attached to an aromatic ring is 1. The molecule has 8 heteroatoms. The smallest absolute Gasteiger partial charge is 0.241 e. The lowest BCUT2D eigenvalue weighted by molar-refractivity contribution is 0.162. The number of nitrogens with zero attached hydrogens (tertiary/aromatic N) is 4. The van der Waals surface area contributed by atoms with Gasteiger partial charge in [-0.3, -0.25) is 4.90 Å². The first-order valence-electron chi connectivity index (χ1n) is 10.6. The topological polar surface area (TPSA) is 74.1 Å². The summed E-state index contributed by atoms with van der Waals surface area (Å²) in [6, 6.07) is 14.7. The standard InChI is InChI=1S/C23H28Cl2N6/c1-16-3-2-4-21(25)20(16)15-31(12-9-17-5-7-18(24)8-6-17)19-10-13-30(14-11-19)23-27-22(26)28-29-23/h2-8,19H,9-15H2,1H3,(H3,26,27,28,29). The highest BCUT2D eigenvalue weighted by molar-refractivity contribution is 6.31. The van der Waals surface area contributed by atoms with Crippen molar-refractivity contribution in [3.05, 3.63) is 69.2 Å². The summed E-state index contributed by atoms with van der Waals surface area (Å²) in [5, 5.41) is 8.49. The van der Waals surface area contributed by atoms with Crippen LogP contribution in [0.2, 0.25) is 10.0 Å². The van der Waals surface area contributed by atoms with Gasteiger partial charge in [-0.05, 0) is 61.1 Å². The summed E-state index contributed by atoms with van der Waals surface area (Å²) in [5.41, 5.74) is 9.41. The average Bonchev–Trinajstić information content (AvgIpc) is 3.21. The third-order valence-corrected chi connectivity index (χ3v) is 6.69. The van der Waals surface area contributed by atoms with Gasteiger partial charge in [0.1, 0.15) is 0 Å². The zero-order valence-electron chi connectivity index (χ0n) is 17.7. The summed E-state index contributed by atoms with van der Waals surface area (Å²) >= 11 is 12.6. The van der Waals surface area contributed by atoms with Crippen molar-refractivity contribution in [2.24, 2.45) is 0 Å². The molecule has 0 unspecified atom stereocenters. The van der Waals surface area contributed by atoms with Gasteiger partial charge in [-0.1, -0.05) is 47.5 Å². The molecular formula is C23H28Cl2N6. The second-order valence-electron chi connectivity index (χ2n) is 8.12. The first-order valence-corrected chi connectivity index (χ1v) is 11.4. The van der Waals surface area contributed by atoms with Gasteiger partial charge in [0.15, 0.2) is 0 Å². The number of aromatic nitrogens is 3. The molecule has 2 aromatic carbocycles. The van der Waals surface area contributed by atoms with Crippen LogP contribution in [0.4, 0.5) is 11.9 Å². The van der Waals surface area contributed by atoms with E-state index in [1.165, 1.54) is 16.7 Å². The van der Waals surface area contributed by atoms with Crippen LogP contribution in [0.25, 0.3) is 0 Å². The normalized spacial score (nSPS) is 15.0. The predicted octanol–water partition coefficient (Wildman–Crippen LogP) is 4.72. The molecule has 1 fully saturated rings. The summed E-state index contributed by atoms with van der Waals surface area (Å²) < 4.78 is 0. The molecule has 31 heavy (non-hydrogen) atoms. The summed E-state index contributed by atoms with van der Waals surface area (Å²) in [6.07, 6.45) is 3.06. The Hall–Kier alpha value is -2.28. The Labute approximate surface area is 193 Å². The van der Waals surface area contributed by atoms with Crippen molar-refractivity contribution in [1.29, 1.82) is 0 Å². The first-order chi connectivity index (χ1) is 15.0.